The van der Waals surface area contributed by atoms with Crippen molar-refractivity contribution in [3.05, 3.63) is 78.3 Å². The average Bonchev–Trinajstić information content (AvgIpc) is 2.95. The SMILES string of the molecule is O=C(/C=C/c1ccccc1)NCc1cn2ccccc2n1. The molecular formula is C17H15N3O. The zero-order chi connectivity index (χ0) is 14.5. The van der Waals surface area contributed by atoms with Gasteiger partial charge in [-0.1, -0.05) is 36.4 Å². The number of fused-ring (bicyclic) bond motifs is 1. The lowest BCUT2D eigenvalue weighted by Crippen LogP contribution is -2.20. The molecule has 0 fully saturated rings. The van der Waals surface area contributed by atoms with E-state index >= 15 is 0 Å². The third-order valence-electron chi connectivity index (χ3n) is 3.08. The van der Waals surface area contributed by atoms with Crippen LogP contribution in [-0.4, -0.2) is 15.3 Å². The second kappa shape index (κ2) is 6.05. The van der Waals surface area contributed by atoms with Crippen LogP contribution in [-0.2, 0) is 11.3 Å². The van der Waals surface area contributed by atoms with Crippen molar-refractivity contribution in [2.45, 2.75) is 6.54 Å². The average molecular weight is 277 g/mol. The summed E-state index contributed by atoms with van der Waals surface area (Å²) in [5.41, 5.74) is 2.71. The molecule has 0 unspecified atom stereocenters. The predicted octanol–water partition coefficient (Wildman–Crippen LogP) is 2.66. The van der Waals surface area contributed by atoms with Gasteiger partial charge in [0, 0.05) is 18.5 Å². The molecule has 4 nitrogen and oxygen atoms in total. The number of benzene rings is 1. The normalized spacial score (nSPS) is 11.0. The number of nitrogens with one attached hydrogen (secondary N) is 1. The summed E-state index contributed by atoms with van der Waals surface area (Å²) in [6, 6.07) is 15.5. The van der Waals surface area contributed by atoms with Crippen LogP contribution in [0.5, 0.6) is 0 Å². The lowest BCUT2D eigenvalue weighted by Gasteiger charge is -1.98. The number of hydrogen-bond donors (Lipinski definition) is 1. The first kappa shape index (κ1) is 13.1. The first-order valence-electron chi connectivity index (χ1n) is 6.75. The minimum Gasteiger partial charge on any atom is -0.347 e. The molecule has 3 rings (SSSR count). The summed E-state index contributed by atoms with van der Waals surface area (Å²) in [5.74, 6) is -0.129. The fourth-order valence-electron chi connectivity index (χ4n) is 2.05. The maximum Gasteiger partial charge on any atom is 0.244 e. The van der Waals surface area contributed by atoms with E-state index in [-0.39, 0.29) is 5.91 Å². The van der Waals surface area contributed by atoms with Crippen LogP contribution in [0.1, 0.15) is 11.3 Å². The highest BCUT2D eigenvalue weighted by Gasteiger charge is 2.02. The number of aromatic nitrogens is 2. The number of imidazole rings is 1. The van der Waals surface area contributed by atoms with E-state index < -0.39 is 0 Å². The van der Waals surface area contributed by atoms with E-state index in [1.165, 1.54) is 6.08 Å². The van der Waals surface area contributed by atoms with Gasteiger partial charge in [0.1, 0.15) is 5.65 Å². The number of amides is 1. The third kappa shape index (κ3) is 3.36. The topological polar surface area (TPSA) is 46.4 Å². The Labute approximate surface area is 122 Å². The van der Waals surface area contributed by atoms with Gasteiger partial charge in [-0.25, -0.2) is 4.98 Å². The van der Waals surface area contributed by atoms with Crippen molar-refractivity contribution < 1.29 is 4.79 Å². The number of carbonyl (C=O) groups is 1. The van der Waals surface area contributed by atoms with Crippen molar-refractivity contribution in [2.24, 2.45) is 0 Å². The summed E-state index contributed by atoms with van der Waals surface area (Å²) in [7, 11) is 0. The third-order valence-corrected chi connectivity index (χ3v) is 3.08. The molecule has 1 aromatic carbocycles. The van der Waals surface area contributed by atoms with Gasteiger partial charge in [-0.15, -0.1) is 0 Å². The van der Waals surface area contributed by atoms with Crippen molar-refractivity contribution >= 4 is 17.6 Å². The second-order valence-corrected chi connectivity index (χ2v) is 4.66. The summed E-state index contributed by atoms with van der Waals surface area (Å²) in [6.07, 6.45) is 7.17. The van der Waals surface area contributed by atoms with E-state index in [9.17, 15) is 4.79 Å². The smallest absolute Gasteiger partial charge is 0.244 e. The molecule has 0 atom stereocenters. The Bertz CT molecular complexity index is 742. The standard InChI is InChI=1S/C17H15N3O/c21-17(10-9-14-6-2-1-3-7-14)18-12-15-13-20-11-5-4-8-16(20)19-15/h1-11,13H,12H2,(H,18,21)/b10-9+. The molecule has 0 spiro atoms. The van der Waals surface area contributed by atoms with Gasteiger partial charge >= 0.3 is 0 Å². The minimum absolute atomic E-state index is 0.129. The number of rotatable bonds is 4. The van der Waals surface area contributed by atoms with Crippen molar-refractivity contribution in [2.75, 3.05) is 0 Å². The largest absolute Gasteiger partial charge is 0.347 e. The van der Waals surface area contributed by atoms with Crippen LogP contribution in [0.2, 0.25) is 0 Å². The Morgan fingerprint density at radius 2 is 1.95 bits per heavy atom. The predicted molar refractivity (Wildman–Crippen MR) is 82.5 cm³/mol. The van der Waals surface area contributed by atoms with Gasteiger partial charge in [-0.05, 0) is 23.8 Å². The molecule has 1 N–H and O–H groups in total. The molecule has 0 aliphatic heterocycles. The van der Waals surface area contributed by atoms with Crippen molar-refractivity contribution in [3.8, 4) is 0 Å². The number of pyridine rings is 1. The maximum absolute atomic E-state index is 11.8. The summed E-state index contributed by atoms with van der Waals surface area (Å²) < 4.78 is 1.93. The summed E-state index contributed by atoms with van der Waals surface area (Å²) in [5, 5.41) is 2.83. The molecule has 0 saturated heterocycles. The summed E-state index contributed by atoms with van der Waals surface area (Å²) >= 11 is 0. The quantitative estimate of drug-likeness (QED) is 0.745. The van der Waals surface area contributed by atoms with Gasteiger partial charge in [0.05, 0.1) is 12.2 Å². The van der Waals surface area contributed by atoms with Gasteiger partial charge in [0.2, 0.25) is 5.91 Å². The molecule has 104 valence electrons. The van der Waals surface area contributed by atoms with Crippen molar-refractivity contribution in [3.63, 3.8) is 0 Å². The monoisotopic (exact) mass is 277 g/mol. The van der Waals surface area contributed by atoms with Crippen LogP contribution >= 0.6 is 0 Å². The summed E-state index contributed by atoms with van der Waals surface area (Å²) in [4.78, 5) is 16.2. The Balaban J connectivity index is 1.59. The summed E-state index contributed by atoms with van der Waals surface area (Å²) in [6.45, 7) is 0.416. The van der Waals surface area contributed by atoms with E-state index in [1.807, 2.05) is 65.3 Å². The Kier molecular flexibility index (Phi) is 3.78. The molecule has 3 aromatic rings. The van der Waals surface area contributed by atoms with Crippen LogP contribution in [0, 0.1) is 0 Å². The van der Waals surface area contributed by atoms with Crippen LogP contribution in [0.3, 0.4) is 0 Å². The lowest BCUT2D eigenvalue weighted by molar-refractivity contribution is -0.116. The van der Waals surface area contributed by atoms with Gasteiger partial charge in [0.15, 0.2) is 0 Å². The first-order valence-corrected chi connectivity index (χ1v) is 6.75. The fourth-order valence-corrected chi connectivity index (χ4v) is 2.05. The van der Waals surface area contributed by atoms with Gasteiger partial charge < -0.3 is 9.72 Å². The van der Waals surface area contributed by atoms with E-state index in [4.69, 9.17) is 0 Å². The molecule has 4 heteroatoms. The molecular weight excluding hydrogens is 262 g/mol. The molecule has 0 saturated carbocycles. The molecule has 0 bridgehead atoms. The lowest BCUT2D eigenvalue weighted by atomic mass is 10.2. The molecule has 0 radical (unpaired) electrons. The van der Waals surface area contributed by atoms with E-state index in [0.717, 1.165) is 16.9 Å². The number of carbonyl (C=O) groups excluding carboxylic acids is 1. The Morgan fingerprint density at radius 1 is 1.14 bits per heavy atom. The Morgan fingerprint density at radius 3 is 2.76 bits per heavy atom. The molecule has 0 aliphatic rings. The number of nitrogens with zero attached hydrogens (tertiary/aromatic N) is 2. The van der Waals surface area contributed by atoms with Gasteiger partial charge in [-0.2, -0.15) is 0 Å². The van der Waals surface area contributed by atoms with E-state index in [2.05, 4.69) is 10.3 Å². The van der Waals surface area contributed by atoms with E-state index in [0.29, 0.717) is 6.54 Å². The molecule has 0 aliphatic carbocycles. The van der Waals surface area contributed by atoms with Crippen LogP contribution < -0.4 is 5.32 Å². The minimum atomic E-state index is -0.129. The van der Waals surface area contributed by atoms with Crippen LogP contribution in [0.15, 0.2) is 67.0 Å². The molecule has 21 heavy (non-hydrogen) atoms. The van der Waals surface area contributed by atoms with Crippen LogP contribution in [0.4, 0.5) is 0 Å². The number of hydrogen-bond acceptors (Lipinski definition) is 2. The highest BCUT2D eigenvalue weighted by Crippen LogP contribution is 2.04. The van der Waals surface area contributed by atoms with E-state index in [1.54, 1.807) is 6.08 Å². The highest BCUT2D eigenvalue weighted by atomic mass is 16.1. The van der Waals surface area contributed by atoms with Crippen molar-refractivity contribution in [1.29, 1.82) is 0 Å². The molecule has 1 amide bonds. The first-order chi connectivity index (χ1) is 10.3. The molecule has 2 heterocycles. The Hall–Kier alpha value is -2.88. The van der Waals surface area contributed by atoms with Crippen molar-refractivity contribution in [1.82, 2.24) is 14.7 Å². The van der Waals surface area contributed by atoms with Crippen LogP contribution in [0.25, 0.3) is 11.7 Å². The van der Waals surface area contributed by atoms with Gasteiger partial charge in [-0.3, -0.25) is 4.79 Å². The highest BCUT2D eigenvalue weighted by molar-refractivity contribution is 5.91. The van der Waals surface area contributed by atoms with Gasteiger partial charge in [0.25, 0.3) is 0 Å². The fraction of sp³-hybridized carbons (Fsp3) is 0.0588. The maximum atomic E-state index is 11.8. The molecule has 2 aromatic heterocycles. The zero-order valence-electron chi connectivity index (χ0n) is 11.4. The second-order valence-electron chi connectivity index (χ2n) is 4.66. The zero-order valence-corrected chi connectivity index (χ0v) is 11.4.